The molecule has 0 bridgehead atoms. The van der Waals surface area contributed by atoms with Crippen molar-refractivity contribution in [2.75, 3.05) is 19.6 Å². The van der Waals surface area contributed by atoms with Crippen molar-refractivity contribution in [1.29, 1.82) is 0 Å². The third kappa shape index (κ3) is 3.07. The molecule has 0 radical (unpaired) electrons. The first-order chi connectivity index (χ1) is 8.16. The molecular weight excluding hydrogens is 214 g/mol. The Morgan fingerprint density at radius 1 is 1.29 bits per heavy atom. The van der Waals surface area contributed by atoms with Gasteiger partial charge in [-0.25, -0.2) is 0 Å². The van der Waals surface area contributed by atoms with Gasteiger partial charge in [-0.3, -0.25) is 4.79 Å². The lowest BCUT2D eigenvalue weighted by molar-refractivity contribution is -0.141. The molecule has 0 aliphatic carbocycles. The van der Waals surface area contributed by atoms with Gasteiger partial charge in [0.2, 0.25) is 0 Å². The molecule has 0 saturated carbocycles. The summed E-state index contributed by atoms with van der Waals surface area (Å²) < 4.78 is 0. The smallest absolute Gasteiger partial charge is 0.307 e. The van der Waals surface area contributed by atoms with Crippen LogP contribution >= 0.6 is 0 Å². The van der Waals surface area contributed by atoms with Crippen LogP contribution in [0.3, 0.4) is 0 Å². The minimum atomic E-state index is -0.702. The summed E-state index contributed by atoms with van der Waals surface area (Å²) in [6.45, 7) is 4.37. The normalized spacial score (nSPS) is 18.2. The summed E-state index contributed by atoms with van der Waals surface area (Å²) in [7, 11) is 0. The number of rotatable bonds is 3. The van der Waals surface area contributed by atoms with Gasteiger partial charge in [-0.1, -0.05) is 31.2 Å². The van der Waals surface area contributed by atoms with Crippen molar-refractivity contribution >= 4 is 5.97 Å². The SMILES string of the molecule is CC(CN1CCc2ccccc2CC1)C(=O)O. The fraction of sp³-hybridized carbons (Fsp3) is 0.500. The Morgan fingerprint density at radius 2 is 1.82 bits per heavy atom. The molecule has 0 aromatic heterocycles. The Hall–Kier alpha value is -1.35. The van der Waals surface area contributed by atoms with Crippen LogP contribution in [0.25, 0.3) is 0 Å². The molecule has 1 atom stereocenters. The Balaban J connectivity index is 1.97. The van der Waals surface area contributed by atoms with Crippen LogP contribution < -0.4 is 0 Å². The summed E-state index contributed by atoms with van der Waals surface area (Å²) in [5, 5.41) is 8.93. The lowest BCUT2D eigenvalue weighted by Gasteiger charge is -2.21. The zero-order chi connectivity index (χ0) is 12.3. The minimum absolute atomic E-state index is 0.281. The van der Waals surface area contributed by atoms with Crippen molar-refractivity contribution in [3.05, 3.63) is 35.4 Å². The number of carbonyl (C=O) groups is 1. The predicted octanol–water partition coefficient (Wildman–Crippen LogP) is 1.81. The van der Waals surface area contributed by atoms with Gasteiger partial charge in [-0.2, -0.15) is 0 Å². The van der Waals surface area contributed by atoms with Gasteiger partial charge in [0.15, 0.2) is 0 Å². The second-order valence-corrected chi connectivity index (χ2v) is 4.81. The number of aliphatic carboxylic acids is 1. The van der Waals surface area contributed by atoms with Crippen LogP contribution in [-0.2, 0) is 17.6 Å². The van der Waals surface area contributed by atoms with E-state index < -0.39 is 5.97 Å². The number of carboxylic acid groups (broad SMARTS) is 1. The highest BCUT2D eigenvalue weighted by Gasteiger charge is 2.18. The molecule has 1 N–H and O–H groups in total. The van der Waals surface area contributed by atoms with Gasteiger partial charge < -0.3 is 10.0 Å². The average molecular weight is 233 g/mol. The van der Waals surface area contributed by atoms with Gasteiger partial charge in [0.25, 0.3) is 0 Å². The van der Waals surface area contributed by atoms with E-state index in [1.165, 1.54) is 11.1 Å². The number of hydrogen-bond acceptors (Lipinski definition) is 2. The third-order valence-electron chi connectivity index (χ3n) is 3.47. The summed E-state index contributed by atoms with van der Waals surface area (Å²) in [4.78, 5) is 13.1. The third-order valence-corrected chi connectivity index (χ3v) is 3.47. The molecule has 92 valence electrons. The highest BCUT2D eigenvalue weighted by Crippen LogP contribution is 2.16. The van der Waals surface area contributed by atoms with E-state index >= 15 is 0 Å². The molecular formula is C14H19NO2. The first-order valence-electron chi connectivity index (χ1n) is 6.19. The molecule has 1 unspecified atom stereocenters. The van der Waals surface area contributed by atoms with E-state index in [9.17, 15) is 4.79 Å². The van der Waals surface area contributed by atoms with Gasteiger partial charge in [-0.15, -0.1) is 0 Å². The lowest BCUT2D eigenvalue weighted by atomic mass is 10.0. The Kier molecular flexibility index (Phi) is 3.79. The van der Waals surface area contributed by atoms with E-state index in [0.717, 1.165) is 25.9 Å². The van der Waals surface area contributed by atoms with E-state index in [1.54, 1.807) is 6.92 Å². The molecule has 1 aromatic carbocycles. The first-order valence-corrected chi connectivity index (χ1v) is 6.19. The summed E-state index contributed by atoms with van der Waals surface area (Å²) in [6, 6.07) is 8.52. The van der Waals surface area contributed by atoms with Crippen LogP contribution in [-0.4, -0.2) is 35.6 Å². The van der Waals surface area contributed by atoms with E-state index in [2.05, 4.69) is 29.2 Å². The number of hydrogen-bond donors (Lipinski definition) is 1. The van der Waals surface area contributed by atoms with E-state index in [-0.39, 0.29) is 5.92 Å². The molecule has 1 aliphatic rings. The maximum Gasteiger partial charge on any atom is 0.307 e. The fourth-order valence-electron chi connectivity index (χ4n) is 2.36. The molecule has 1 aromatic rings. The quantitative estimate of drug-likeness (QED) is 0.865. The monoisotopic (exact) mass is 233 g/mol. The summed E-state index contributed by atoms with van der Waals surface area (Å²) >= 11 is 0. The molecule has 3 nitrogen and oxygen atoms in total. The van der Waals surface area contributed by atoms with E-state index in [4.69, 9.17) is 5.11 Å². The van der Waals surface area contributed by atoms with Crippen LogP contribution in [0.2, 0.25) is 0 Å². The molecule has 1 aliphatic heterocycles. The maximum absolute atomic E-state index is 10.9. The highest BCUT2D eigenvalue weighted by molar-refractivity contribution is 5.69. The minimum Gasteiger partial charge on any atom is -0.481 e. The van der Waals surface area contributed by atoms with Crippen molar-refractivity contribution in [3.63, 3.8) is 0 Å². The van der Waals surface area contributed by atoms with Crippen molar-refractivity contribution in [3.8, 4) is 0 Å². The van der Waals surface area contributed by atoms with Crippen molar-refractivity contribution in [2.45, 2.75) is 19.8 Å². The molecule has 0 amide bonds. The van der Waals surface area contributed by atoms with Crippen molar-refractivity contribution in [1.82, 2.24) is 4.90 Å². The largest absolute Gasteiger partial charge is 0.481 e. The van der Waals surface area contributed by atoms with Gasteiger partial charge in [0.1, 0.15) is 0 Å². The zero-order valence-electron chi connectivity index (χ0n) is 10.2. The predicted molar refractivity (Wildman–Crippen MR) is 67.1 cm³/mol. The van der Waals surface area contributed by atoms with Gasteiger partial charge >= 0.3 is 5.97 Å². The average Bonchev–Trinajstić information content (AvgIpc) is 2.52. The molecule has 0 spiro atoms. The van der Waals surface area contributed by atoms with Crippen LogP contribution in [0.4, 0.5) is 0 Å². The van der Waals surface area contributed by atoms with Crippen molar-refractivity contribution in [2.24, 2.45) is 5.92 Å². The Labute approximate surface area is 102 Å². The van der Waals surface area contributed by atoms with Crippen molar-refractivity contribution < 1.29 is 9.90 Å². The standard InChI is InChI=1S/C14H19NO2/c1-11(14(16)17)10-15-8-6-12-4-2-3-5-13(12)7-9-15/h2-5,11H,6-10H2,1H3,(H,16,17). The fourth-order valence-corrected chi connectivity index (χ4v) is 2.36. The van der Waals surface area contributed by atoms with Crippen LogP contribution in [0.5, 0.6) is 0 Å². The van der Waals surface area contributed by atoms with Crippen LogP contribution in [0.15, 0.2) is 24.3 Å². The summed E-state index contributed by atoms with van der Waals surface area (Å²) in [5.74, 6) is -0.983. The van der Waals surface area contributed by atoms with Gasteiger partial charge in [0, 0.05) is 19.6 Å². The first kappa shape index (κ1) is 12.1. The van der Waals surface area contributed by atoms with Gasteiger partial charge in [0.05, 0.1) is 5.92 Å². The molecule has 0 fully saturated rings. The number of fused-ring (bicyclic) bond motifs is 1. The number of carboxylic acids is 1. The number of nitrogens with zero attached hydrogens (tertiary/aromatic N) is 1. The Bertz CT molecular complexity index is 376. The topological polar surface area (TPSA) is 40.5 Å². The second-order valence-electron chi connectivity index (χ2n) is 4.81. The lowest BCUT2D eigenvalue weighted by Crippen LogP contribution is -2.33. The van der Waals surface area contributed by atoms with E-state index in [0.29, 0.717) is 6.54 Å². The molecule has 2 rings (SSSR count). The Morgan fingerprint density at radius 3 is 2.29 bits per heavy atom. The van der Waals surface area contributed by atoms with E-state index in [1.807, 2.05) is 0 Å². The zero-order valence-corrected chi connectivity index (χ0v) is 10.2. The van der Waals surface area contributed by atoms with Crippen LogP contribution in [0.1, 0.15) is 18.1 Å². The van der Waals surface area contributed by atoms with Gasteiger partial charge in [-0.05, 0) is 24.0 Å². The second kappa shape index (κ2) is 5.32. The summed E-state index contributed by atoms with van der Waals surface area (Å²) in [6.07, 6.45) is 2.06. The maximum atomic E-state index is 10.9. The molecule has 17 heavy (non-hydrogen) atoms. The highest BCUT2D eigenvalue weighted by atomic mass is 16.4. The molecule has 0 saturated heterocycles. The molecule has 1 heterocycles. The van der Waals surface area contributed by atoms with Crippen LogP contribution in [0, 0.1) is 5.92 Å². The molecule has 3 heteroatoms. The number of benzene rings is 1. The summed E-state index contributed by atoms with van der Waals surface area (Å²) in [5.41, 5.74) is 2.83.